The lowest BCUT2D eigenvalue weighted by atomic mass is 10.0. The summed E-state index contributed by atoms with van der Waals surface area (Å²) >= 11 is 0. The molecule has 1 amide bonds. The highest BCUT2D eigenvalue weighted by Gasteiger charge is 2.27. The van der Waals surface area contributed by atoms with E-state index in [0.29, 0.717) is 12.3 Å². The summed E-state index contributed by atoms with van der Waals surface area (Å²) in [5.41, 5.74) is 7.35. The van der Waals surface area contributed by atoms with Crippen LogP contribution in [0.1, 0.15) is 37.4 Å². The van der Waals surface area contributed by atoms with Crippen LogP contribution in [0.15, 0.2) is 12.1 Å². The molecule has 1 heterocycles. The Balaban J connectivity index is 2.38. The van der Waals surface area contributed by atoms with Gasteiger partial charge in [0.1, 0.15) is 23.6 Å². The molecule has 0 bridgehead atoms. The molecular weight excluding hydrogens is 256 g/mol. The number of nitrogens with two attached hydrogens (primary N) is 1. The van der Waals surface area contributed by atoms with Crippen molar-refractivity contribution in [1.29, 1.82) is 0 Å². The molecule has 0 saturated heterocycles. The fourth-order valence-corrected chi connectivity index (χ4v) is 2.51. The number of carbonyl (C=O) groups excluding carboxylic acids is 1. The predicted octanol–water partition coefficient (Wildman–Crippen LogP) is 1.54. The Morgan fingerprint density at radius 3 is 2.95 bits per heavy atom. The predicted molar refractivity (Wildman–Crippen MR) is 77.0 cm³/mol. The van der Waals surface area contributed by atoms with Gasteiger partial charge in [-0.2, -0.15) is 0 Å². The minimum absolute atomic E-state index is 0.153. The van der Waals surface area contributed by atoms with Crippen LogP contribution in [0.3, 0.4) is 0 Å². The third-order valence-electron chi connectivity index (χ3n) is 3.44. The summed E-state index contributed by atoms with van der Waals surface area (Å²) < 4.78 is 11.2. The molecule has 110 valence electrons. The third-order valence-corrected chi connectivity index (χ3v) is 3.44. The highest BCUT2D eigenvalue weighted by atomic mass is 16.5. The molecule has 0 saturated carbocycles. The summed E-state index contributed by atoms with van der Waals surface area (Å²) in [6.45, 7) is 4.77. The van der Waals surface area contributed by atoms with E-state index in [9.17, 15) is 4.79 Å². The monoisotopic (exact) mass is 278 g/mol. The fraction of sp³-hybridized carbons (Fsp3) is 0.533. The van der Waals surface area contributed by atoms with E-state index in [1.54, 1.807) is 7.11 Å². The topological polar surface area (TPSA) is 73.6 Å². The summed E-state index contributed by atoms with van der Waals surface area (Å²) in [6.07, 6.45) is 1.93. The van der Waals surface area contributed by atoms with Gasteiger partial charge >= 0.3 is 0 Å². The molecule has 0 radical (unpaired) electrons. The Hall–Kier alpha value is -1.75. The van der Waals surface area contributed by atoms with Crippen molar-refractivity contribution in [3.63, 3.8) is 0 Å². The second-order valence-electron chi connectivity index (χ2n) is 5.12. The lowest BCUT2D eigenvalue weighted by Gasteiger charge is -2.19. The quantitative estimate of drug-likeness (QED) is 0.828. The van der Waals surface area contributed by atoms with Gasteiger partial charge in [-0.3, -0.25) is 4.79 Å². The van der Waals surface area contributed by atoms with Crippen molar-refractivity contribution < 1.29 is 14.3 Å². The molecule has 5 nitrogen and oxygen atoms in total. The number of fused-ring (bicyclic) bond motifs is 1. The third kappa shape index (κ3) is 2.88. The van der Waals surface area contributed by atoms with Crippen molar-refractivity contribution in [2.45, 2.75) is 38.8 Å². The average molecular weight is 278 g/mol. The van der Waals surface area contributed by atoms with E-state index in [4.69, 9.17) is 15.2 Å². The Morgan fingerprint density at radius 2 is 2.35 bits per heavy atom. The van der Waals surface area contributed by atoms with Crippen LogP contribution in [0, 0.1) is 0 Å². The van der Waals surface area contributed by atoms with Gasteiger partial charge in [0.25, 0.3) is 0 Å². The molecule has 0 spiro atoms. The molecule has 2 atom stereocenters. The first kappa shape index (κ1) is 14.7. The number of methoxy groups -OCH3 is 1. The Morgan fingerprint density at radius 1 is 1.60 bits per heavy atom. The smallest absolute Gasteiger partial charge is 0.239 e. The standard InChI is InChI=1S/C15H22N2O3/c1-4-5-17-14(15(16)18)11-8-12-10(6-9(2)20-12)7-13(11)19-3/h7-9,14,17H,4-6H2,1-3H3,(H2,16,18). The van der Waals surface area contributed by atoms with Gasteiger partial charge in [0.05, 0.1) is 7.11 Å². The minimum Gasteiger partial charge on any atom is -0.496 e. The van der Waals surface area contributed by atoms with Crippen LogP contribution in [0.5, 0.6) is 11.5 Å². The number of amides is 1. The maximum Gasteiger partial charge on any atom is 0.239 e. The van der Waals surface area contributed by atoms with Gasteiger partial charge in [0.15, 0.2) is 0 Å². The normalized spacial score (nSPS) is 18.2. The van der Waals surface area contributed by atoms with Crippen LogP contribution in [0.25, 0.3) is 0 Å². The van der Waals surface area contributed by atoms with E-state index in [1.165, 1.54) is 0 Å². The van der Waals surface area contributed by atoms with Crippen molar-refractivity contribution in [3.05, 3.63) is 23.3 Å². The maximum atomic E-state index is 11.7. The molecule has 1 aromatic carbocycles. The van der Waals surface area contributed by atoms with E-state index >= 15 is 0 Å². The van der Waals surface area contributed by atoms with Gasteiger partial charge in [0.2, 0.25) is 5.91 Å². The molecule has 1 aromatic rings. The zero-order chi connectivity index (χ0) is 14.7. The number of nitrogens with one attached hydrogen (secondary N) is 1. The largest absolute Gasteiger partial charge is 0.496 e. The number of ether oxygens (including phenoxy) is 2. The molecule has 5 heteroatoms. The van der Waals surface area contributed by atoms with Crippen LogP contribution in [-0.2, 0) is 11.2 Å². The van der Waals surface area contributed by atoms with Gasteiger partial charge in [-0.25, -0.2) is 0 Å². The molecular formula is C15H22N2O3. The van der Waals surface area contributed by atoms with Crippen molar-refractivity contribution in [3.8, 4) is 11.5 Å². The number of hydrogen-bond donors (Lipinski definition) is 2. The second-order valence-corrected chi connectivity index (χ2v) is 5.12. The lowest BCUT2D eigenvalue weighted by molar-refractivity contribution is -0.120. The number of hydrogen-bond acceptors (Lipinski definition) is 4. The van der Waals surface area contributed by atoms with Crippen LogP contribution < -0.4 is 20.5 Å². The van der Waals surface area contributed by atoms with Crippen molar-refractivity contribution in [1.82, 2.24) is 5.32 Å². The summed E-state index contributed by atoms with van der Waals surface area (Å²) in [5, 5.41) is 3.15. The van der Waals surface area contributed by atoms with Gasteiger partial charge in [-0.1, -0.05) is 6.92 Å². The van der Waals surface area contributed by atoms with Gasteiger partial charge in [-0.15, -0.1) is 0 Å². The molecule has 0 aliphatic carbocycles. The fourth-order valence-electron chi connectivity index (χ4n) is 2.51. The number of benzene rings is 1. The highest BCUT2D eigenvalue weighted by Crippen LogP contribution is 2.37. The summed E-state index contributed by atoms with van der Waals surface area (Å²) in [5.74, 6) is 1.08. The number of carbonyl (C=O) groups is 1. The zero-order valence-electron chi connectivity index (χ0n) is 12.2. The number of primary amides is 1. The SMILES string of the molecule is CCCNC(C(N)=O)c1cc2c(cc1OC)CC(C)O2. The van der Waals surface area contributed by atoms with E-state index in [1.807, 2.05) is 26.0 Å². The van der Waals surface area contributed by atoms with Crippen molar-refractivity contribution in [2.24, 2.45) is 5.73 Å². The number of rotatable bonds is 6. The van der Waals surface area contributed by atoms with E-state index in [2.05, 4.69) is 5.32 Å². The van der Waals surface area contributed by atoms with Crippen LogP contribution in [-0.4, -0.2) is 25.7 Å². The van der Waals surface area contributed by atoms with E-state index in [0.717, 1.165) is 29.7 Å². The molecule has 0 aromatic heterocycles. The van der Waals surface area contributed by atoms with Crippen LogP contribution >= 0.6 is 0 Å². The Labute approximate surface area is 119 Å². The van der Waals surface area contributed by atoms with Gasteiger partial charge in [-0.05, 0) is 32.0 Å². The van der Waals surface area contributed by atoms with Gasteiger partial charge in [0, 0.05) is 17.5 Å². The molecule has 2 rings (SSSR count). The van der Waals surface area contributed by atoms with Crippen molar-refractivity contribution >= 4 is 5.91 Å². The van der Waals surface area contributed by atoms with E-state index < -0.39 is 11.9 Å². The molecule has 3 N–H and O–H groups in total. The molecule has 2 unspecified atom stereocenters. The minimum atomic E-state index is -0.560. The summed E-state index contributed by atoms with van der Waals surface area (Å²) in [7, 11) is 1.60. The Kier molecular flexibility index (Phi) is 4.49. The average Bonchev–Trinajstić information content (AvgIpc) is 2.76. The van der Waals surface area contributed by atoms with Gasteiger partial charge < -0.3 is 20.5 Å². The molecule has 1 aliphatic heterocycles. The van der Waals surface area contributed by atoms with E-state index in [-0.39, 0.29) is 6.10 Å². The first-order valence-corrected chi connectivity index (χ1v) is 6.97. The zero-order valence-corrected chi connectivity index (χ0v) is 12.2. The summed E-state index contributed by atoms with van der Waals surface area (Å²) in [6, 6.07) is 3.25. The highest BCUT2D eigenvalue weighted by molar-refractivity contribution is 5.82. The first-order chi connectivity index (χ1) is 9.56. The van der Waals surface area contributed by atoms with Crippen LogP contribution in [0.2, 0.25) is 0 Å². The molecule has 20 heavy (non-hydrogen) atoms. The van der Waals surface area contributed by atoms with Crippen LogP contribution in [0.4, 0.5) is 0 Å². The first-order valence-electron chi connectivity index (χ1n) is 6.97. The summed E-state index contributed by atoms with van der Waals surface area (Å²) in [4.78, 5) is 11.7. The van der Waals surface area contributed by atoms with Crippen molar-refractivity contribution in [2.75, 3.05) is 13.7 Å². The molecule has 0 fully saturated rings. The molecule has 1 aliphatic rings. The second kappa shape index (κ2) is 6.13. The maximum absolute atomic E-state index is 11.7. The lowest BCUT2D eigenvalue weighted by Crippen LogP contribution is -2.34. The Bertz CT molecular complexity index is 502.